The van der Waals surface area contributed by atoms with Gasteiger partial charge < -0.3 is 5.32 Å². The quantitative estimate of drug-likeness (QED) is 0.821. The number of thioether (sulfide) groups is 1. The van der Waals surface area contributed by atoms with Crippen molar-refractivity contribution >= 4 is 34.2 Å². The van der Waals surface area contributed by atoms with Gasteiger partial charge in [0.1, 0.15) is 0 Å². The molecule has 1 aliphatic heterocycles. The Hall–Kier alpha value is -0.670. The Morgan fingerprint density at radius 1 is 1.44 bits per heavy atom. The number of halogens is 1. The third-order valence-electron chi connectivity index (χ3n) is 2.48. The Morgan fingerprint density at radius 3 is 2.81 bits per heavy atom. The number of hydrogen-bond donors (Lipinski definition) is 1. The van der Waals surface area contributed by atoms with E-state index >= 15 is 0 Å². The second-order valence-corrected chi connectivity index (χ2v) is 5.93. The van der Waals surface area contributed by atoms with Crippen LogP contribution in [0.25, 0.3) is 0 Å². The van der Waals surface area contributed by atoms with Gasteiger partial charge in [-0.1, -0.05) is 29.4 Å². The number of aliphatic imine (C=N–C) groups is 1. The lowest BCUT2D eigenvalue weighted by atomic mass is 10.1. The minimum absolute atomic E-state index is 0.0412. The summed E-state index contributed by atoms with van der Waals surface area (Å²) in [6, 6.07) is 5.87. The van der Waals surface area contributed by atoms with Crippen LogP contribution < -0.4 is 5.32 Å². The smallest absolute Gasteiger partial charge is 0.161 e. The van der Waals surface area contributed by atoms with Crippen LogP contribution in [0, 0.1) is 6.92 Å². The van der Waals surface area contributed by atoms with E-state index in [-0.39, 0.29) is 5.54 Å². The van der Waals surface area contributed by atoms with Gasteiger partial charge in [-0.3, -0.25) is 4.99 Å². The van der Waals surface area contributed by atoms with Crippen molar-refractivity contribution in [2.75, 3.05) is 11.1 Å². The van der Waals surface area contributed by atoms with E-state index in [9.17, 15) is 0 Å². The molecule has 16 heavy (non-hydrogen) atoms. The summed E-state index contributed by atoms with van der Waals surface area (Å²) in [7, 11) is 0. The van der Waals surface area contributed by atoms with E-state index in [0.717, 1.165) is 27.2 Å². The first-order valence-corrected chi connectivity index (χ1v) is 6.59. The van der Waals surface area contributed by atoms with Gasteiger partial charge in [-0.25, -0.2) is 0 Å². The van der Waals surface area contributed by atoms with Crippen molar-refractivity contribution in [3.05, 3.63) is 28.8 Å². The molecule has 1 N–H and O–H groups in total. The lowest BCUT2D eigenvalue weighted by Gasteiger charge is -2.10. The Morgan fingerprint density at radius 2 is 2.19 bits per heavy atom. The van der Waals surface area contributed by atoms with E-state index in [0.29, 0.717) is 0 Å². The van der Waals surface area contributed by atoms with Crippen molar-refractivity contribution in [1.29, 1.82) is 0 Å². The minimum atomic E-state index is 0.0412. The summed E-state index contributed by atoms with van der Waals surface area (Å²) < 4.78 is 0. The van der Waals surface area contributed by atoms with E-state index < -0.39 is 0 Å². The van der Waals surface area contributed by atoms with Crippen LogP contribution in [0.4, 0.5) is 5.69 Å². The molecular formula is C12H15ClN2S. The number of rotatable bonds is 1. The summed E-state index contributed by atoms with van der Waals surface area (Å²) >= 11 is 7.82. The summed E-state index contributed by atoms with van der Waals surface area (Å²) in [4.78, 5) is 4.61. The summed E-state index contributed by atoms with van der Waals surface area (Å²) in [5.74, 6) is 1.02. The van der Waals surface area contributed by atoms with Crippen molar-refractivity contribution in [3.8, 4) is 0 Å². The molecule has 1 aromatic rings. The maximum atomic E-state index is 6.07. The first-order chi connectivity index (χ1) is 7.48. The molecule has 0 unspecified atom stereocenters. The Kier molecular flexibility index (Phi) is 3.17. The average Bonchev–Trinajstić information content (AvgIpc) is 2.53. The van der Waals surface area contributed by atoms with Crippen molar-refractivity contribution in [3.63, 3.8) is 0 Å². The molecule has 0 radical (unpaired) electrons. The van der Waals surface area contributed by atoms with Gasteiger partial charge in [0.05, 0.1) is 5.54 Å². The van der Waals surface area contributed by atoms with Gasteiger partial charge in [-0.15, -0.1) is 0 Å². The van der Waals surface area contributed by atoms with Crippen molar-refractivity contribution in [1.82, 2.24) is 0 Å². The number of amidine groups is 1. The highest BCUT2D eigenvalue weighted by atomic mass is 35.5. The van der Waals surface area contributed by atoms with Gasteiger partial charge in [0, 0.05) is 16.5 Å². The molecule has 4 heteroatoms. The second-order valence-electron chi connectivity index (χ2n) is 4.56. The molecule has 0 bridgehead atoms. The molecule has 0 fully saturated rings. The summed E-state index contributed by atoms with van der Waals surface area (Å²) in [6.45, 7) is 6.29. The highest BCUT2D eigenvalue weighted by Crippen LogP contribution is 2.29. The minimum Gasteiger partial charge on any atom is -0.335 e. The molecule has 1 aliphatic rings. The summed E-state index contributed by atoms with van der Waals surface area (Å²) in [6.07, 6.45) is 0. The molecule has 1 aromatic carbocycles. The lowest BCUT2D eigenvalue weighted by Crippen LogP contribution is -2.15. The molecule has 0 saturated carbocycles. The number of benzene rings is 1. The fourth-order valence-corrected chi connectivity index (χ4v) is 2.73. The van der Waals surface area contributed by atoms with Crippen molar-refractivity contribution < 1.29 is 0 Å². The zero-order chi connectivity index (χ0) is 11.8. The molecule has 0 spiro atoms. The number of nitrogens with zero attached hydrogens (tertiary/aromatic N) is 1. The second kappa shape index (κ2) is 4.30. The summed E-state index contributed by atoms with van der Waals surface area (Å²) in [5, 5.41) is 5.10. The monoisotopic (exact) mass is 254 g/mol. The Bertz CT molecular complexity index is 441. The molecule has 2 rings (SSSR count). The maximum absolute atomic E-state index is 6.07. The van der Waals surface area contributed by atoms with Gasteiger partial charge in [0.15, 0.2) is 5.17 Å². The van der Waals surface area contributed by atoms with Crippen LogP contribution in [-0.2, 0) is 0 Å². The van der Waals surface area contributed by atoms with E-state index in [1.165, 1.54) is 0 Å². The fourth-order valence-electron chi connectivity index (χ4n) is 1.51. The highest BCUT2D eigenvalue weighted by molar-refractivity contribution is 8.14. The first-order valence-electron chi connectivity index (χ1n) is 5.23. The zero-order valence-corrected chi connectivity index (χ0v) is 11.2. The van der Waals surface area contributed by atoms with Gasteiger partial charge in [0.25, 0.3) is 0 Å². The van der Waals surface area contributed by atoms with E-state index in [1.54, 1.807) is 11.8 Å². The highest BCUT2D eigenvalue weighted by Gasteiger charge is 2.25. The molecule has 2 nitrogen and oxygen atoms in total. The molecule has 1 heterocycles. The normalized spacial score (nSPS) is 18.4. The molecular weight excluding hydrogens is 240 g/mol. The molecule has 0 atom stereocenters. The van der Waals surface area contributed by atoms with Crippen LogP contribution >= 0.6 is 23.4 Å². The Balaban J connectivity index is 2.20. The van der Waals surface area contributed by atoms with Crippen LogP contribution in [0.1, 0.15) is 19.4 Å². The van der Waals surface area contributed by atoms with Crippen LogP contribution in [0.5, 0.6) is 0 Å². The maximum Gasteiger partial charge on any atom is 0.161 e. The molecule has 86 valence electrons. The topological polar surface area (TPSA) is 24.4 Å². The predicted molar refractivity (Wildman–Crippen MR) is 73.8 cm³/mol. The van der Waals surface area contributed by atoms with E-state index in [2.05, 4.69) is 24.2 Å². The summed E-state index contributed by atoms with van der Waals surface area (Å²) in [5.41, 5.74) is 2.15. The lowest BCUT2D eigenvalue weighted by molar-refractivity contribution is 0.605. The van der Waals surface area contributed by atoms with Crippen LogP contribution in [0.2, 0.25) is 5.02 Å². The zero-order valence-electron chi connectivity index (χ0n) is 9.67. The van der Waals surface area contributed by atoms with Gasteiger partial charge in [0.2, 0.25) is 0 Å². The average molecular weight is 255 g/mol. The number of anilines is 1. The third kappa shape index (κ3) is 2.53. The fraction of sp³-hybridized carbons (Fsp3) is 0.417. The van der Waals surface area contributed by atoms with Crippen molar-refractivity contribution in [2.24, 2.45) is 4.99 Å². The van der Waals surface area contributed by atoms with E-state index in [4.69, 9.17) is 11.6 Å². The van der Waals surface area contributed by atoms with Crippen LogP contribution in [0.15, 0.2) is 23.2 Å². The SMILES string of the molecule is Cc1c(Cl)cccc1NC1=NC(C)(C)CS1. The van der Waals surface area contributed by atoms with Gasteiger partial charge in [-0.05, 0) is 38.5 Å². The molecule has 0 aromatic heterocycles. The van der Waals surface area contributed by atoms with Gasteiger partial charge >= 0.3 is 0 Å². The first kappa shape index (κ1) is 11.8. The van der Waals surface area contributed by atoms with Crippen LogP contribution in [-0.4, -0.2) is 16.5 Å². The predicted octanol–water partition coefficient (Wildman–Crippen LogP) is 3.94. The molecule has 0 aliphatic carbocycles. The molecule has 0 saturated heterocycles. The van der Waals surface area contributed by atoms with Gasteiger partial charge in [-0.2, -0.15) is 0 Å². The largest absolute Gasteiger partial charge is 0.335 e. The number of hydrogen-bond acceptors (Lipinski definition) is 3. The number of nitrogens with one attached hydrogen (secondary N) is 1. The standard InChI is InChI=1S/C12H15ClN2S/c1-8-9(13)5-4-6-10(8)14-11-15-12(2,3)7-16-11/h4-6H,7H2,1-3H3,(H,14,15). The van der Waals surface area contributed by atoms with Crippen LogP contribution in [0.3, 0.4) is 0 Å². The third-order valence-corrected chi connectivity index (χ3v) is 4.20. The Labute approximate surface area is 105 Å². The molecule has 0 amide bonds. The van der Waals surface area contributed by atoms with Crippen molar-refractivity contribution in [2.45, 2.75) is 26.3 Å². The van der Waals surface area contributed by atoms with E-state index in [1.807, 2.05) is 25.1 Å².